The number of nitrogens with zero attached hydrogens (tertiary/aromatic N) is 1. The lowest BCUT2D eigenvalue weighted by atomic mass is 10.4. The summed E-state index contributed by atoms with van der Waals surface area (Å²) in [4.78, 5) is 16.2. The molecule has 0 spiro atoms. The average Bonchev–Trinajstić information content (AvgIpc) is 2.70. The summed E-state index contributed by atoms with van der Waals surface area (Å²) < 4.78 is 0. The molecule has 0 unspecified atom stereocenters. The van der Waals surface area contributed by atoms with Gasteiger partial charge in [0.25, 0.3) is 5.91 Å². The van der Waals surface area contributed by atoms with Gasteiger partial charge < -0.3 is 16.4 Å². The number of nitrogen functional groups attached to an aromatic ring is 1. The summed E-state index contributed by atoms with van der Waals surface area (Å²) in [6.07, 6.45) is 1.84. The average molecular weight is 272 g/mol. The minimum Gasteiger partial charge on any atom is -0.382 e. The van der Waals surface area contributed by atoms with Gasteiger partial charge in [-0.2, -0.15) is 11.8 Å². The maximum Gasteiger partial charge on any atom is 0.265 e. The van der Waals surface area contributed by atoms with Crippen LogP contribution in [-0.2, 0) is 0 Å². The molecule has 5 nitrogen and oxygen atoms in total. The Kier molecular flexibility index (Phi) is 5.85. The predicted octanol–water partition coefficient (Wildman–Crippen LogP) is 1.42. The highest BCUT2D eigenvalue weighted by atomic mass is 32.2. The summed E-state index contributed by atoms with van der Waals surface area (Å²) >= 11 is 2.97. The van der Waals surface area contributed by atoms with E-state index in [1.54, 1.807) is 18.8 Å². The second-order valence-corrected chi connectivity index (χ2v) is 5.25. The van der Waals surface area contributed by atoms with Crippen LogP contribution in [0.2, 0.25) is 0 Å². The molecule has 0 aliphatic rings. The van der Waals surface area contributed by atoms with Gasteiger partial charge in [-0.25, -0.2) is 4.98 Å². The zero-order valence-corrected chi connectivity index (χ0v) is 11.3. The van der Waals surface area contributed by atoms with Crippen molar-refractivity contribution >= 4 is 40.0 Å². The molecule has 1 heterocycles. The summed E-state index contributed by atoms with van der Waals surface area (Å²) in [5, 5.41) is 6.31. The van der Waals surface area contributed by atoms with E-state index in [0.717, 1.165) is 11.5 Å². The fraction of sp³-hybridized carbons (Fsp3) is 0.400. The van der Waals surface area contributed by atoms with Crippen molar-refractivity contribution in [3.8, 4) is 0 Å². The first-order chi connectivity index (χ1) is 8.19. The highest BCUT2D eigenvalue weighted by Crippen LogP contribution is 2.24. The fourth-order valence-electron chi connectivity index (χ4n) is 1.09. The number of anilines is 2. The number of nitrogens with one attached hydrogen (secondary N) is 2. The zero-order valence-electron chi connectivity index (χ0n) is 9.66. The second kappa shape index (κ2) is 7.18. The van der Waals surface area contributed by atoms with Crippen LogP contribution in [0, 0.1) is 0 Å². The third-order valence-electron chi connectivity index (χ3n) is 1.84. The van der Waals surface area contributed by atoms with Crippen molar-refractivity contribution in [2.75, 3.05) is 36.1 Å². The zero-order chi connectivity index (χ0) is 12.7. The van der Waals surface area contributed by atoms with E-state index in [1.807, 2.05) is 6.08 Å². The van der Waals surface area contributed by atoms with E-state index >= 15 is 0 Å². The van der Waals surface area contributed by atoms with E-state index in [2.05, 4.69) is 22.2 Å². The topological polar surface area (TPSA) is 80.0 Å². The molecule has 0 aromatic carbocycles. The quantitative estimate of drug-likeness (QED) is 0.516. The SMILES string of the molecule is C=CCSCCNC(=O)c1sc(NC)nc1N. The molecule has 7 heteroatoms. The van der Waals surface area contributed by atoms with Crippen LogP contribution in [-0.4, -0.2) is 36.0 Å². The number of thioether (sulfide) groups is 1. The van der Waals surface area contributed by atoms with Crippen LogP contribution in [0.5, 0.6) is 0 Å². The highest BCUT2D eigenvalue weighted by Gasteiger charge is 2.14. The van der Waals surface area contributed by atoms with Gasteiger partial charge in [0.1, 0.15) is 10.7 Å². The predicted molar refractivity (Wildman–Crippen MR) is 75.9 cm³/mol. The molecule has 0 bridgehead atoms. The van der Waals surface area contributed by atoms with Gasteiger partial charge in [-0.15, -0.1) is 6.58 Å². The number of hydrogen-bond acceptors (Lipinski definition) is 6. The van der Waals surface area contributed by atoms with Crippen LogP contribution in [0.15, 0.2) is 12.7 Å². The minimum atomic E-state index is -0.166. The number of carbonyl (C=O) groups is 1. The third kappa shape index (κ3) is 4.27. The van der Waals surface area contributed by atoms with E-state index in [4.69, 9.17) is 5.73 Å². The van der Waals surface area contributed by atoms with Crippen LogP contribution in [0.25, 0.3) is 0 Å². The van der Waals surface area contributed by atoms with Crippen LogP contribution in [0.3, 0.4) is 0 Å². The molecular formula is C10H16N4OS2. The largest absolute Gasteiger partial charge is 0.382 e. The number of aromatic nitrogens is 1. The maximum absolute atomic E-state index is 11.7. The molecule has 0 radical (unpaired) electrons. The van der Waals surface area contributed by atoms with E-state index in [0.29, 0.717) is 16.6 Å². The van der Waals surface area contributed by atoms with Gasteiger partial charge >= 0.3 is 0 Å². The molecule has 94 valence electrons. The molecule has 0 saturated heterocycles. The van der Waals surface area contributed by atoms with E-state index in [1.165, 1.54) is 11.3 Å². The Bertz CT molecular complexity index is 392. The standard InChI is InChI=1S/C10H16N4OS2/c1-3-5-16-6-4-13-9(15)7-8(11)14-10(12-2)17-7/h3H,1,4-6,11H2,2H3,(H,12,14)(H,13,15). The van der Waals surface area contributed by atoms with Gasteiger partial charge in [-0.3, -0.25) is 4.79 Å². The minimum absolute atomic E-state index is 0.166. The lowest BCUT2D eigenvalue weighted by molar-refractivity contribution is 0.0961. The summed E-state index contributed by atoms with van der Waals surface area (Å²) in [5.74, 6) is 1.86. The first kappa shape index (κ1) is 13.9. The van der Waals surface area contributed by atoms with Gasteiger partial charge in [-0.05, 0) is 0 Å². The molecule has 0 fully saturated rings. The van der Waals surface area contributed by atoms with Crippen molar-refractivity contribution in [1.29, 1.82) is 0 Å². The van der Waals surface area contributed by atoms with Crippen LogP contribution in [0.1, 0.15) is 9.67 Å². The number of rotatable bonds is 7. The van der Waals surface area contributed by atoms with Crippen molar-refractivity contribution in [3.63, 3.8) is 0 Å². The van der Waals surface area contributed by atoms with Crippen LogP contribution in [0.4, 0.5) is 10.9 Å². The van der Waals surface area contributed by atoms with Crippen LogP contribution < -0.4 is 16.4 Å². The summed E-state index contributed by atoms with van der Waals surface area (Å²) in [6.45, 7) is 4.24. The Balaban J connectivity index is 2.41. The first-order valence-corrected chi connectivity index (χ1v) is 7.07. The maximum atomic E-state index is 11.7. The van der Waals surface area contributed by atoms with E-state index in [-0.39, 0.29) is 11.7 Å². The smallest absolute Gasteiger partial charge is 0.265 e. The Morgan fingerprint density at radius 2 is 2.47 bits per heavy atom. The van der Waals surface area contributed by atoms with Crippen LogP contribution >= 0.6 is 23.1 Å². The first-order valence-electron chi connectivity index (χ1n) is 5.10. The summed E-state index contributed by atoms with van der Waals surface area (Å²) in [7, 11) is 1.74. The third-order valence-corrected chi connectivity index (χ3v) is 3.89. The van der Waals surface area contributed by atoms with Gasteiger partial charge in [0.2, 0.25) is 0 Å². The van der Waals surface area contributed by atoms with Crippen molar-refractivity contribution in [3.05, 3.63) is 17.5 Å². The molecule has 17 heavy (non-hydrogen) atoms. The second-order valence-electron chi connectivity index (χ2n) is 3.10. The number of amides is 1. The van der Waals surface area contributed by atoms with Crippen molar-refractivity contribution in [2.45, 2.75) is 0 Å². The molecule has 4 N–H and O–H groups in total. The Hall–Kier alpha value is -1.21. The molecule has 1 rings (SSSR count). The monoisotopic (exact) mass is 272 g/mol. The van der Waals surface area contributed by atoms with Gasteiger partial charge in [0.05, 0.1) is 0 Å². The molecular weight excluding hydrogens is 256 g/mol. The molecule has 1 aromatic rings. The summed E-state index contributed by atoms with van der Waals surface area (Å²) in [5.41, 5.74) is 5.65. The van der Waals surface area contributed by atoms with Crippen molar-refractivity contribution in [2.24, 2.45) is 0 Å². The molecule has 0 aliphatic carbocycles. The van der Waals surface area contributed by atoms with E-state index < -0.39 is 0 Å². The molecule has 0 saturated carbocycles. The number of nitrogens with two attached hydrogens (primary N) is 1. The molecule has 0 atom stereocenters. The van der Waals surface area contributed by atoms with Gasteiger partial charge in [-0.1, -0.05) is 17.4 Å². The lowest BCUT2D eigenvalue weighted by Crippen LogP contribution is -2.25. The summed E-state index contributed by atoms with van der Waals surface area (Å²) in [6, 6.07) is 0. The van der Waals surface area contributed by atoms with Crippen molar-refractivity contribution < 1.29 is 4.79 Å². The number of carbonyl (C=O) groups excluding carboxylic acids is 1. The van der Waals surface area contributed by atoms with Gasteiger partial charge in [0, 0.05) is 25.1 Å². The number of hydrogen-bond donors (Lipinski definition) is 3. The highest BCUT2D eigenvalue weighted by molar-refractivity contribution is 7.99. The van der Waals surface area contributed by atoms with Crippen molar-refractivity contribution in [1.82, 2.24) is 10.3 Å². The number of thiazole rings is 1. The van der Waals surface area contributed by atoms with E-state index in [9.17, 15) is 4.79 Å². The Morgan fingerprint density at radius 1 is 1.71 bits per heavy atom. The Morgan fingerprint density at radius 3 is 3.06 bits per heavy atom. The molecule has 1 aromatic heterocycles. The fourth-order valence-corrected chi connectivity index (χ4v) is 2.42. The Labute approximate surface area is 109 Å². The van der Waals surface area contributed by atoms with Gasteiger partial charge in [0.15, 0.2) is 5.13 Å². The normalized spacial score (nSPS) is 9.94. The lowest BCUT2D eigenvalue weighted by Gasteiger charge is -2.02. The molecule has 1 amide bonds. The molecule has 0 aliphatic heterocycles.